The van der Waals surface area contributed by atoms with Crippen LogP contribution in [0.5, 0.6) is 0 Å². The first-order valence-corrected chi connectivity index (χ1v) is 12.7. The summed E-state index contributed by atoms with van der Waals surface area (Å²) in [5.74, 6) is -3.90. The van der Waals surface area contributed by atoms with Crippen molar-refractivity contribution in [2.45, 2.75) is 50.5 Å². The molecular formula is C23H28N4O7S. The van der Waals surface area contributed by atoms with Gasteiger partial charge in [-0.1, -0.05) is 25.1 Å². The van der Waals surface area contributed by atoms with E-state index in [1.807, 2.05) is 0 Å². The highest BCUT2D eigenvalue weighted by Gasteiger charge is 2.47. The number of ether oxygens (including phenoxy) is 1. The van der Waals surface area contributed by atoms with E-state index in [-0.39, 0.29) is 37.4 Å². The van der Waals surface area contributed by atoms with Crippen LogP contribution < -0.4 is 0 Å². The fourth-order valence-electron chi connectivity index (χ4n) is 3.53. The Morgan fingerprint density at radius 3 is 2.29 bits per heavy atom. The lowest BCUT2D eigenvalue weighted by Gasteiger charge is -2.32. The molecule has 1 aliphatic heterocycles. The maximum Gasteiger partial charge on any atom is 0.463 e. The Balaban J connectivity index is 2.49. The van der Waals surface area contributed by atoms with Crippen LogP contribution in [0.3, 0.4) is 0 Å². The number of carbonyl (C=O) groups is 4. The van der Waals surface area contributed by atoms with Crippen molar-refractivity contribution in [3.8, 4) is 0 Å². The summed E-state index contributed by atoms with van der Waals surface area (Å²) >= 11 is 0. The van der Waals surface area contributed by atoms with Crippen LogP contribution in [0.2, 0.25) is 0 Å². The van der Waals surface area contributed by atoms with Crippen LogP contribution in [-0.4, -0.2) is 77.6 Å². The molecule has 0 aromatic heterocycles. The monoisotopic (exact) mass is 504 g/mol. The zero-order valence-electron chi connectivity index (χ0n) is 19.8. The minimum Gasteiger partial charge on any atom is -0.436 e. The van der Waals surface area contributed by atoms with Crippen molar-refractivity contribution >= 4 is 39.2 Å². The fourth-order valence-corrected chi connectivity index (χ4v) is 4.62. The number of carbonyl (C=O) groups excluding carboxylic acids is 4. The Kier molecular flexibility index (Phi) is 9.21. The number of amides is 3. The van der Waals surface area contributed by atoms with Gasteiger partial charge in [-0.25, -0.2) is 13.2 Å². The summed E-state index contributed by atoms with van der Waals surface area (Å²) in [5.41, 5.74) is 6.13. The minimum absolute atomic E-state index is 0.0382. The number of imide groups is 1. The normalized spacial score (nSPS) is 15.4. The predicted octanol–water partition coefficient (Wildman–Crippen LogP) is 1.35. The molecule has 1 heterocycles. The first kappa shape index (κ1) is 27.6. The van der Waals surface area contributed by atoms with E-state index in [9.17, 15) is 33.1 Å². The van der Waals surface area contributed by atoms with E-state index in [1.165, 1.54) is 36.1 Å². The van der Waals surface area contributed by atoms with Gasteiger partial charge in [0.1, 0.15) is 0 Å². The van der Waals surface area contributed by atoms with Crippen LogP contribution >= 0.6 is 0 Å². The Hall–Kier alpha value is -3.63. The van der Waals surface area contributed by atoms with E-state index >= 15 is 0 Å². The number of benzene rings is 1. The third-order valence-corrected chi connectivity index (χ3v) is 7.04. The summed E-state index contributed by atoms with van der Waals surface area (Å²) in [6, 6.07) is 7.44. The second-order valence-electron chi connectivity index (χ2n) is 7.67. The SMILES string of the molecule is CCN(CC)C(=O)[C@@](/C=C/S(=O)(=O)c1ccccc1)(CC)OC(=O)C(=[N+]=[N-])C(=O)N1CCCC1=O. The number of nitrogens with zero attached hydrogens (tertiary/aromatic N) is 4. The average Bonchev–Trinajstić information content (AvgIpc) is 3.29. The van der Waals surface area contributed by atoms with Gasteiger partial charge in [-0.15, -0.1) is 0 Å². The summed E-state index contributed by atoms with van der Waals surface area (Å²) in [6.45, 7) is 5.38. The zero-order chi connectivity index (χ0) is 26.2. The number of hydrogen-bond acceptors (Lipinski definition) is 7. The molecule has 0 aliphatic carbocycles. The first-order chi connectivity index (χ1) is 16.6. The van der Waals surface area contributed by atoms with Crippen LogP contribution in [0.4, 0.5) is 0 Å². The van der Waals surface area contributed by atoms with E-state index in [0.717, 1.165) is 16.4 Å². The summed E-state index contributed by atoms with van der Waals surface area (Å²) in [4.78, 5) is 55.6. The quantitative estimate of drug-likeness (QED) is 0.153. The number of likely N-dealkylation sites (tertiary alicyclic amines) is 1. The predicted molar refractivity (Wildman–Crippen MR) is 124 cm³/mol. The second kappa shape index (κ2) is 11.7. The molecule has 188 valence electrons. The summed E-state index contributed by atoms with van der Waals surface area (Å²) in [6.07, 6.45) is 1.25. The number of sulfone groups is 1. The van der Waals surface area contributed by atoms with Gasteiger partial charge in [0.05, 0.1) is 4.90 Å². The molecule has 0 bridgehead atoms. The molecule has 11 nitrogen and oxygen atoms in total. The van der Waals surface area contributed by atoms with Crippen molar-refractivity contribution in [1.82, 2.24) is 9.80 Å². The molecule has 2 rings (SSSR count). The topological polar surface area (TPSA) is 155 Å². The van der Waals surface area contributed by atoms with Gasteiger partial charge in [-0.3, -0.25) is 19.3 Å². The zero-order valence-corrected chi connectivity index (χ0v) is 20.7. The molecule has 0 saturated carbocycles. The smallest absolute Gasteiger partial charge is 0.436 e. The molecule has 1 aromatic rings. The first-order valence-electron chi connectivity index (χ1n) is 11.2. The maximum atomic E-state index is 13.4. The molecule has 1 atom stereocenters. The highest BCUT2D eigenvalue weighted by Crippen LogP contribution is 2.25. The van der Waals surface area contributed by atoms with Crippen molar-refractivity contribution in [1.29, 1.82) is 0 Å². The van der Waals surface area contributed by atoms with Gasteiger partial charge in [0.2, 0.25) is 11.5 Å². The van der Waals surface area contributed by atoms with Crippen molar-refractivity contribution < 1.29 is 37.1 Å². The molecule has 12 heteroatoms. The van der Waals surface area contributed by atoms with Gasteiger partial charge in [-0.2, -0.15) is 4.79 Å². The van der Waals surface area contributed by atoms with Crippen LogP contribution in [-0.2, 0) is 33.8 Å². The summed E-state index contributed by atoms with van der Waals surface area (Å²) in [7, 11) is -4.02. The Bertz CT molecular complexity index is 1170. The molecule has 3 amide bonds. The molecule has 1 saturated heterocycles. The van der Waals surface area contributed by atoms with Crippen molar-refractivity contribution in [2.24, 2.45) is 0 Å². The fraction of sp³-hybridized carbons (Fsp3) is 0.435. The molecular weight excluding hydrogens is 476 g/mol. The molecule has 1 fully saturated rings. The van der Waals surface area contributed by atoms with E-state index in [4.69, 9.17) is 4.74 Å². The van der Waals surface area contributed by atoms with Gasteiger partial charge in [0, 0.05) is 31.5 Å². The average molecular weight is 505 g/mol. The minimum atomic E-state index is -4.02. The van der Waals surface area contributed by atoms with E-state index in [1.54, 1.807) is 19.9 Å². The van der Waals surface area contributed by atoms with Crippen molar-refractivity contribution in [3.05, 3.63) is 47.3 Å². The van der Waals surface area contributed by atoms with Crippen LogP contribution in [0.25, 0.3) is 5.53 Å². The van der Waals surface area contributed by atoms with Crippen LogP contribution in [0.15, 0.2) is 46.7 Å². The van der Waals surface area contributed by atoms with E-state index in [2.05, 4.69) is 4.79 Å². The maximum absolute atomic E-state index is 13.4. The van der Waals surface area contributed by atoms with Crippen molar-refractivity contribution in [3.63, 3.8) is 0 Å². The molecule has 0 spiro atoms. The Labute approximate surface area is 203 Å². The number of hydrogen-bond donors (Lipinski definition) is 0. The number of esters is 1. The van der Waals surface area contributed by atoms with E-state index in [0.29, 0.717) is 6.42 Å². The lowest BCUT2D eigenvalue weighted by atomic mass is 9.98. The van der Waals surface area contributed by atoms with E-state index < -0.39 is 44.8 Å². The van der Waals surface area contributed by atoms with Gasteiger partial charge in [-0.05, 0) is 44.9 Å². The molecule has 35 heavy (non-hydrogen) atoms. The molecule has 0 unspecified atom stereocenters. The summed E-state index contributed by atoms with van der Waals surface area (Å²) < 4.78 is 31.0. The van der Waals surface area contributed by atoms with Crippen LogP contribution in [0, 0.1) is 0 Å². The highest BCUT2D eigenvalue weighted by atomic mass is 32.2. The number of rotatable bonds is 10. The van der Waals surface area contributed by atoms with Crippen molar-refractivity contribution in [2.75, 3.05) is 19.6 Å². The second-order valence-corrected chi connectivity index (χ2v) is 9.51. The molecule has 0 radical (unpaired) electrons. The summed E-state index contributed by atoms with van der Waals surface area (Å²) in [5, 5.41) is 0.766. The largest absolute Gasteiger partial charge is 0.463 e. The number of likely N-dealkylation sites (N-methyl/N-ethyl adjacent to an activating group) is 1. The highest BCUT2D eigenvalue weighted by molar-refractivity contribution is 7.94. The van der Waals surface area contributed by atoms with Gasteiger partial charge in [0.25, 0.3) is 5.91 Å². The van der Waals surface area contributed by atoms with Crippen LogP contribution in [0.1, 0.15) is 40.0 Å². The molecule has 0 N–H and O–H groups in total. The Morgan fingerprint density at radius 2 is 1.80 bits per heavy atom. The van der Waals surface area contributed by atoms with Gasteiger partial charge in [0.15, 0.2) is 9.84 Å². The standard InChI is InChI=1S/C23H28N4O7S/c1-4-23(22(31)26(5-2)6-3,14-16-35(32,33)17-11-8-7-9-12-17)34-21(30)19(25-24)20(29)27-15-10-13-18(27)28/h7-9,11-12,14,16H,4-6,10,13,15H2,1-3H3/b16-14+/t23-/m0/s1. The van der Waals surface area contributed by atoms with Gasteiger partial charge < -0.3 is 15.2 Å². The third kappa shape index (κ3) is 6.09. The third-order valence-electron chi connectivity index (χ3n) is 5.62. The van der Waals surface area contributed by atoms with Gasteiger partial charge >= 0.3 is 17.6 Å². The molecule has 1 aliphatic rings. The Morgan fingerprint density at radius 1 is 1.17 bits per heavy atom. The lowest BCUT2D eigenvalue weighted by molar-refractivity contribution is -0.167. The lowest BCUT2D eigenvalue weighted by Crippen LogP contribution is -2.52. The molecule has 1 aromatic carbocycles.